The number of hydrogen-bond donors (Lipinski definition) is 1. The summed E-state index contributed by atoms with van der Waals surface area (Å²) in [5.74, 6) is -0.113. The second-order valence-corrected chi connectivity index (χ2v) is 7.01. The van der Waals surface area contributed by atoms with Gasteiger partial charge < -0.3 is 29.3 Å². The highest BCUT2D eigenvalue weighted by atomic mass is 16.5. The number of rotatable bonds is 2. The second-order valence-electron chi connectivity index (χ2n) is 7.01. The number of nitrogens with one attached hydrogen (secondary N) is 1. The first kappa shape index (κ1) is 18.0. The number of carbonyl (C=O) groups is 3. The Morgan fingerprint density at radius 3 is 2.58 bits per heavy atom. The highest BCUT2D eigenvalue weighted by Gasteiger charge is 2.45. The van der Waals surface area contributed by atoms with Crippen LogP contribution in [0.2, 0.25) is 0 Å². The number of ether oxygens (including phenoxy) is 1. The molecule has 1 unspecified atom stereocenters. The van der Waals surface area contributed by atoms with Crippen LogP contribution in [0.4, 0.5) is 4.79 Å². The summed E-state index contributed by atoms with van der Waals surface area (Å²) in [5.41, 5.74) is -0.515. The number of aromatic nitrogens is 1. The van der Waals surface area contributed by atoms with Crippen LogP contribution in [0.15, 0.2) is 10.6 Å². The monoisotopic (exact) mass is 365 g/mol. The number of carbonyl (C=O) groups excluding carboxylic acids is 3. The van der Waals surface area contributed by atoms with Crippen molar-refractivity contribution in [3.8, 4) is 5.88 Å². The van der Waals surface area contributed by atoms with Gasteiger partial charge in [-0.15, -0.1) is 0 Å². The normalized spacial score (nSPS) is 23.0. The largest absolute Gasteiger partial charge is 0.479 e. The van der Waals surface area contributed by atoms with Gasteiger partial charge in [0.1, 0.15) is 0 Å². The van der Waals surface area contributed by atoms with Crippen LogP contribution in [0.5, 0.6) is 5.88 Å². The molecule has 1 aromatic heterocycles. The van der Waals surface area contributed by atoms with Crippen molar-refractivity contribution in [1.82, 2.24) is 25.2 Å². The first-order valence-electron chi connectivity index (χ1n) is 8.36. The molecule has 3 heterocycles. The van der Waals surface area contributed by atoms with E-state index in [-0.39, 0.29) is 35.9 Å². The number of methoxy groups -OCH3 is 1. The fourth-order valence-electron chi connectivity index (χ4n) is 3.47. The van der Waals surface area contributed by atoms with Crippen molar-refractivity contribution in [3.05, 3.63) is 11.8 Å². The lowest BCUT2D eigenvalue weighted by Crippen LogP contribution is -2.47. The lowest BCUT2D eigenvalue weighted by atomic mass is 9.86. The minimum atomic E-state index is -0.515. The summed E-state index contributed by atoms with van der Waals surface area (Å²) < 4.78 is 10.0. The van der Waals surface area contributed by atoms with E-state index in [1.165, 1.54) is 18.1 Å². The number of nitrogens with zero attached hydrogens (tertiary/aromatic N) is 4. The molecule has 3 rings (SSSR count). The molecule has 2 aliphatic heterocycles. The number of amides is 4. The maximum absolute atomic E-state index is 12.8. The minimum Gasteiger partial charge on any atom is -0.479 e. The van der Waals surface area contributed by atoms with Crippen molar-refractivity contribution in [1.29, 1.82) is 0 Å². The van der Waals surface area contributed by atoms with E-state index in [9.17, 15) is 14.4 Å². The molecule has 2 fully saturated rings. The molecule has 4 amide bonds. The molecule has 0 aromatic carbocycles. The van der Waals surface area contributed by atoms with Crippen LogP contribution in [-0.4, -0.2) is 91.6 Å². The van der Waals surface area contributed by atoms with E-state index in [0.717, 1.165) is 0 Å². The third-order valence-corrected chi connectivity index (χ3v) is 4.74. The van der Waals surface area contributed by atoms with Gasteiger partial charge in [0.2, 0.25) is 11.7 Å². The molecule has 142 valence electrons. The van der Waals surface area contributed by atoms with Gasteiger partial charge in [-0.2, -0.15) is 0 Å². The fraction of sp³-hybridized carbons (Fsp3) is 0.625. The van der Waals surface area contributed by atoms with E-state index in [2.05, 4.69) is 10.5 Å². The van der Waals surface area contributed by atoms with Gasteiger partial charge in [0.25, 0.3) is 11.8 Å². The van der Waals surface area contributed by atoms with Gasteiger partial charge in [0.05, 0.1) is 13.2 Å². The zero-order valence-electron chi connectivity index (χ0n) is 15.2. The first-order chi connectivity index (χ1) is 12.3. The molecule has 0 bridgehead atoms. The molecule has 10 nitrogen and oxygen atoms in total. The van der Waals surface area contributed by atoms with E-state index in [1.54, 1.807) is 23.9 Å². The lowest BCUT2D eigenvalue weighted by molar-refractivity contribution is -0.119. The average Bonchev–Trinajstić information content (AvgIpc) is 3.17. The molecule has 0 saturated carbocycles. The summed E-state index contributed by atoms with van der Waals surface area (Å²) in [6.45, 7) is 1.91. The summed E-state index contributed by atoms with van der Waals surface area (Å²) >= 11 is 0. The van der Waals surface area contributed by atoms with E-state index in [0.29, 0.717) is 32.7 Å². The van der Waals surface area contributed by atoms with Crippen LogP contribution in [-0.2, 0) is 4.79 Å². The Bertz CT molecular complexity index is 718. The quantitative estimate of drug-likeness (QED) is 0.766. The predicted octanol–water partition coefficient (Wildman–Crippen LogP) is -0.371. The summed E-state index contributed by atoms with van der Waals surface area (Å²) in [6, 6.07) is 1.29. The second kappa shape index (κ2) is 6.85. The van der Waals surface area contributed by atoms with Gasteiger partial charge in [-0.3, -0.25) is 9.59 Å². The third-order valence-electron chi connectivity index (χ3n) is 4.74. The maximum atomic E-state index is 12.8. The molecule has 10 heteroatoms. The summed E-state index contributed by atoms with van der Waals surface area (Å²) in [4.78, 5) is 41.9. The highest BCUT2D eigenvalue weighted by Crippen LogP contribution is 2.32. The molecular formula is C16H23N5O5. The number of hydrogen-bond acceptors (Lipinski definition) is 6. The van der Waals surface area contributed by atoms with Crippen LogP contribution in [0.25, 0.3) is 0 Å². The Kier molecular flexibility index (Phi) is 4.75. The SMILES string of the molecule is COc1cc(C(=O)N2CCN(C(=O)N(C)C)CC3(CNC(=O)C3)C2)on1. The summed E-state index contributed by atoms with van der Waals surface area (Å²) in [7, 11) is 4.80. The highest BCUT2D eigenvalue weighted by molar-refractivity contribution is 5.92. The molecular weight excluding hydrogens is 342 g/mol. The Morgan fingerprint density at radius 1 is 1.31 bits per heavy atom. The Hall–Kier alpha value is -2.78. The lowest BCUT2D eigenvalue weighted by Gasteiger charge is -2.33. The molecule has 0 aliphatic carbocycles. The molecule has 2 saturated heterocycles. The number of urea groups is 1. The maximum Gasteiger partial charge on any atom is 0.319 e. The molecule has 1 N–H and O–H groups in total. The minimum absolute atomic E-state index is 0.0710. The van der Waals surface area contributed by atoms with Gasteiger partial charge in [-0.1, -0.05) is 0 Å². The standard InChI is InChI=1S/C16H23N5O5/c1-19(2)15(24)21-5-4-20(9-16(10-21)7-12(22)17-8-16)14(23)11-6-13(25-3)18-26-11/h6H,4-5,7-10H2,1-3H3,(H,17,22). The van der Waals surface area contributed by atoms with Gasteiger partial charge in [-0.05, 0) is 5.16 Å². The van der Waals surface area contributed by atoms with Crippen molar-refractivity contribution >= 4 is 17.8 Å². The van der Waals surface area contributed by atoms with Crippen LogP contribution < -0.4 is 10.1 Å². The van der Waals surface area contributed by atoms with Crippen molar-refractivity contribution in [3.63, 3.8) is 0 Å². The molecule has 0 radical (unpaired) electrons. The first-order valence-corrected chi connectivity index (χ1v) is 8.36. The zero-order valence-corrected chi connectivity index (χ0v) is 15.2. The Morgan fingerprint density at radius 2 is 2.00 bits per heavy atom. The van der Waals surface area contributed by atoms with Gasteiger partial charge in [-0.25, -0.2) is 4.79 Å². The predicted molar refractivity (Wildman–Crippen MR) is 89.7 cm³/mol. The van der Waals surface area contributed by atoms with Crippen LogP contribution >= 0.6 is 0 Å². The molecule has 1 atom stereocenters. The summed E-state index contributed by atoms with van der Waals surface area (Å²) in [6.07, 6.45) is 0.272. The van der Waals surface area contributed by atoms with E-state index >= 15 is 0 Å². The Balaban J connectivity index is 1.84. The molecule has 1 aromatic rings. The summed E-state index contributed by atoms with van der Waals surface area (Å²) in [5, 5.41) is 6.48. The van der Waals surface area contributed by atoms with E-state index in [1.807, 2.05) is 0 Å². The van der Waals surface area contributed by atoms with E-state index < -0.39 is 5.41 Å². The van der Waals surface area contributed by atoms with Crippen molar-refractivity contribution in [2.45, 2.75) is 6.42 Å². The van der Waals surface area contributed by atoms with Crippen LogP contribution in [0.1, 0.15) is 17.0 Å². The van der Waals surface area contributed by atoms with E-state index in [4.69, 9.17) is 9.26 Å². The topological polar surface area (TPSA) is 108 Å². The Labute approximate surface area is 151 Å². The van der Waals surface area contributed by atoms with Crippen LogP contribution in [0.3, 0.4) is 0 Å². The zero-order chi connectivity index (χ0) is 18.9. The molecule has 26 heavy (non-hydrogen) atoms. The molecule has 1 spiro atoms. The van der Waals surface area contributed by atoms with Crippen molar-refractivity contribution in [2.24, 2.45) is 5.41 Å². The smallest absolute Gasteiger partial charge is 0.319 e. The fourth-order valence-corrected chi connectivity index (χ4v) is 3.47. The van der Waals surface area contributed by atoms with Crippen molar-refractivity contribution < 1.29 is 23.6 Å². The van der Waals surface area contributed by atoms with Gasteiger partial charge >= 0.3 is 6.03 Å². The van der Waals surface area contributed by atoms with Crippen LogP contribution in [0, 0.1) is 5.41 Å². The van der Waals surface area contributed by atoms with Gasteiger partial charge in [0, 0.05) is 58.7 Å². The average molecular weight is 365 g/mol. The molecule has 2 aliphatic rings. The third kappa shape index (κ3) is 3.44. The van der Waals surface area contributed by atoms with Gasteiger partial charge in [0.15, 0.2) is 0 Å². The van der Waals surface area contributed by atoms with Crippen molar-refractivity contribution in [2.75, 3.05) is 53.9 Å².